The van der Waals surface area contributed by atoms with E-state index in [-0.39, 0.29) is 11.3 Å². The minimum atomic E-state index is -3.11. The van der Waals surface area contributed by atoms with Crippen LogP contribution in [0.4, 0.5) is 0 Å². The number of ether oxygens (including phenoxy) is 1. The van der Waals surface area contributed by atoms with Crippen molar-refractivity contribution in [3.05, 3.63) is 0 Å². The lowest BCUT2D eigenvalue weighted by molar-refractivity contribution is 0.0967. The smallest absolute Gasteiger partial charge is 0.217 e. The van der Waals surface area contributed by atoms with E-state index in [2.05, 4.69) is 5.32 Å². The van der Waals surface area contributed by atoms with Gasteiger partial charge in [0.2, 0.25) is 10.0 Å². The quantitative estimate of drug-likeness (QED) is 0.708. The first-order chi connectivity index (χ1) is 7.12. The Hall–Kier alpha value is -0.170. The van der Waals surface area contributed by atoms with Gasteiger partial charge in [-0.05, 0) is 12.8 Å². The van der Waals surface area contributed by atoms with Crippen molar-refractivity contribution in [3.63, 3.8) is 0 Å². The third kappa shape index (κ3) is 2.18. The van der Waals surface area contributed by atoms with Gasteiger partial charge in [-0.2, -0.15) is 4.31 Å². The molecule has 0 bridgehead atoms. The molecule has 0 aromatic heterocycles. The molecule has 2 heterocycles. The maximum Gasteiger partial charge on any atom is 0.217 e. The van der Waals surface area contributed by atoms with Gasteiger partial charge in [0.25, 0.3) is 0 Å². The summed E-state index contributed by atoms with van der Waals surface area (Å²) in [6, 6.07) is 0.151. The Balaban J connectivity index is 2.03. The lowest BCUT2D eigenvalue weighted by Crippen LogP contribution is -2.59. The van der Waals surface area contributed by atoms with E-state index in [1.807, 2.05) is 0 Å². The summed E-state index contributed by atoms with van der Waals surface area (Å²) in [7, 11) is -1.42. The molecule has 88 valence electrons. The molecule has 0 aromatic rings. The zero-order chi connectivity index (χ0) is 10.9. The zero-order valence-electron chi connectivity index (χ0n) is 8.98. The Kier molecular flexibility index (Phi) is 3.30. The summed E-state index contributed by atoms with van der Waals surface area (Å²) < 4.78 is 31.0. The predicted octanol–water partition coefficient (Wildman–Crippen LogP) is -0.601. The van der Waals surface area contributed by atoms with Crippen molar-refractivity contribution in [2.75, 3.05) is 33.4 Å². The molecule has 1 N–H and O–H groups in total. The molecule has 5 nitrogen and oxygen atoms in total. The van der Waals surface area contributed by atoms with Crippen molar-refractivity contribution in [3.8, 4) is 0 Å². The molecule has 2 rings (SSSR count). The summed E-state index contributed by atoms with van der Waals surface area (Å²) in [5.41, 5.74) is 0. The molecule has 2 aliphatic heterocycles. The lowest BCUT2D eigenvalue weighted by Gasteiger charge is -2.37. The largest absolute Gasteiger partial charge is 0.381 e. The van der Waals surface area contributed by atoms with Gasteiger partial charge in [0, 0.05) is 39.4 Å². The number of nitrogens with one attached hydrogen (secondary N) is 1. The standard InChI is InChI=1S/C9H18N2O3S/c1-11(8-6-10-7-8)15(12,13)9-2-4-14-5-3-9/h8-10H,2-7H2,1H3. The van der Waals surface area contributed by atoms with E-state index in [0.717, 1.165) is 13.1 Å². The van der Waals surface area contributed by atoms with Gasteiger partial charge in [0.1, 0.15) is 0 Å². The summed E-state index contributed by atoms with van der Waals surface area (Å²) in [4.78, 5) is 0. The summed E-state index contributed by atoms with van der Waals surface area (Å²) in [6.45, 7) is 2.69. The number of hydrogen-bond acceptors (Lipinski definition) is 4. The molecule has 2 saturated heterocycles. The highest BCUT2D eigenvalue weighted by Crippen LogP contribution is 2.21. The van der Waals surface area contributed by atoms with Gasteiger partial charge in [-0.15, -0.1) is 0 Å². The van der Waals surface area contributed by atoms with Crippen molar-refractivity contribution in [1.29, 1.82) is 0 Å². The van der Waals surface area contributed by atoms with Gasteiger partial charge in [0.05, 0.1) is 5.25 Å². The number of hydrogen-bond donors (Lipinski definition) is 1. The Morgan fingerprint density at radius 1 is 1.27 bits per heavy atom. The topological polar surface area (TPSA) is 58.6 Å². The van der Waals surface area contributed by atoms with Crippen LogP contribution in [0.1, 0.15) is 12.8 Å². The SMILES string of the molecule is CN(C1CNC1)S(=O)(=O)C1CCOCC1. The fourth-order valence-electron chi connectivity index (χ4n) is 1.95. The van der Waals surface area contributed by atoms with E-state index in [4.69, 9.17) is 4.74 Å². The first-order valence-electron chi connectivity index (χ1n) is 5.37. The second kappa shape index (κ2) is 4.37. The molecule has 2 fully saturated rings. The molecular formula is C9H18N2O3S. The monoisotopic (exact) mass is 234 g/mol. The van der Waals surface area contributed by atoms with E-state index in [1.165, 1.54) is 0 Å². The molecule has 0 spiro atoms. The van der Waals surface area contributed by atoms with Gasteiger partial charge in [-0.1, -0.05) is 0 Å². The number of rotatable bonds is 3. The molecule has 0 aromatic carbocycles. The molecule has 0 radical (unpaired) electrons. The zero-order valence-corrected chi connectivity index (χ0v) is 9.79. The fourth-order valence-corrected chi connectivity index (χ4v) is 3.77. The highest BCUT2D eigenvalue weighted by Gasteiger charge is 2.36. The normalized spacial score (nSPS) is 25.5. The number of likely N-dealkylation sites (N-methyl/N-ethyl adjacent to an activating group) is 1. The third-order valence-electron chi connectivity index (χ3n) is 3.27. The predicted molar refractivity (Wildman–Crippen MR) is 57.2 cm³/mol. The lowest BCUT2D eigenvalue weighted by atomic mass is 10.2. The summed E-state index contributed by atoms with van der Waals surface area (Å²) in [6.07, 6.45) is 1.26. The summed E-state index contributed by atoms with van der Waals surface area (Å²) in [5.74, 6) is 0. The fraction of sp³-hybridized carbons (Fsp3) is 1.00. The summed E-state index contributed by atoms with van der Waals surface area (Å²) in [5, 5.41) is 2.85. The maximum absolute atomic E-state index is 12.2. The molecule has 15 heavy (non-hydrogen) atoms. The van der Waals surface area contributed by atoms with Crippen LogP contribution in [0.5, 0.6) is 0 Å². The Bertz CT molecular complexity index is 299. The van der Waals surface area contributed by atoms with Crippen molar-refractivity contribution >= 4 is 10.0 Å². The van der Waals surface area contributed by atoms with Crippen LogP contribution in [0.2, 0.25) is 0 Å². The minimum absolute atomic E-state index is 0.151. The van der Waals surface area contributed by atoms with E-state index >= 15 is 0 Å². The van der Waals surface area contributed by atoms with Crippen LogP contribution in [0.15, 0.2) is 0 Å². The third-order valence-corrected chi connectivity index (χ3v) is 5.68. The average molecular weight is 234 g/mol. The van der Waals surface area contributed by atoms with Crippen LogP contribution in [-0.4, -0.2) is 57.4 Å². The van der Waals surface area contributed by atoms with Crippen molar-refractivity contribution in [1.82, 2.24) is 9.62 Å². The number of nitrogens with zero attached hydrogens (tertiary/aromatic N) is 1. The van der Waals surface area contributed by atoms with Gasteiger partial charge >= 0.3 is 0 Å². The molecule has 0 aliphatic carbocycles. The highest BCUT2D eigenvalue weighted by atomic mass is 32.2. The molecule has 0 saturated carbocycles. The van der Waals surface area contributed by atoms with Gasteiger partial charge in [-0.3, -0.25) is 0 Å². The molecule has 0 unspecified atom stereocenters. The Morgan fingerprint density at radius 3 is 2.33 bits per heavy atom. The van der Waals surface area contributed by atoms with Gasteiger partial charge < -0.3 is 10.1 Å². The Morgan fingerprint density at radius 2 is 1.87 bits per heavy atom. The summed E-state index contributed by atoms with van der Waals surface area (Å²) >= 11 is 0. The second-order valence-electron chi connectivity index (χ2n) is 4.18. The average Bonchev–Trinajstić information content (AvgIpc) is 2.16. The van der Waals surface area contributed by atoms with Crippen LogP contribution in [0.25, 0.3) is 0 Å². The van der Waals surface area contributed by atoms with Crippen LogP contribution in [0, 0.1) is 0 Å². The van der Waals surface area contributed by atoms with Crippen LogP contribution < -0.4 is 5.32 Å². The van der Waals surface area contributed by atoms with E-state index in [9.17, 15) is 8.42 Å². The van der Waals surface area contributed by atoms with Gasteiger partial charge in [-0.25, -0.2) is 8.42 Å². The first-order valence-corrected chi connectivity index (χ1v) is 6.88. The van der Waals surface area contributed by atoms with E-state index in [1.54, 1.807) is 11.4 Å². The van der Waals surface area contributed by atoms with Gasteiger partial charge in [0.15, 0.2) is 0 Å². The Labute approximate surface area is 90.8 Å². The van der Waals surface area contributed by atoms with E-state index < -0.39 is 10.0 Å². The van der Waals surface area contributed by atoms with Crippen LogP contribution in [0.3, 0.4) is 0 Å². The molecule has 6 heteroatoms. The number of sulfonamides is 1. The first kappa shape index (κ1) is 11.3. The van der Waals surface area contributed by atoms with Crippen molar-refractivity contribution in [2.24, 2.45) is 0 Å². The van der Waals surface area contributed by atoms with Crippen molar-refractivity contribution < 1.29 is 13.2 Å². The second-order valence-corrected chi connectivity index (χ2v) is 6.46. The molecule has 0 atom stereocenters. The van der Waals surface area contributed by atoms with Crippen molar-refractivity contribution in [2.45, 2.75) is 24.1 Å². The maximum atomic E-state index is 12.2. The highest BCUT2D eigenvalue weighted by molar-refractivity contribution is 7.89. The van der Waals surface area contributed by atoms with Crippen LogP contribution >= 0.6 is 0 Å². The molecule has 0 amide bonds. The van der Waals surface area contributed by atoms with E-state index in [0.29, 0.717) is 26.1 Å². The van der Waals surface area contributed by atoms with Crippen LogP contribution in [-0.2, 0) is 14.8 Å². The molecular weight excluding hydrogens is 216 g/mol. The molecule has 2 aliphatic rings. The minimum Gasteiger partial charge on any atom is -0.381 e.